The molecule has 0 amide bonds. The van der Waals surface area contributed by atoms with Crippen LogP contribution in [0.15, 0.2) is 60.7 Å². The van der Waals surface area contributed by atoms with Crippen LogP contribution >= 0.6 is 23.2 Å². The van der Waals surface area contributed by atoms with Crippen molar-refractivity contribution < 1.29 is 4.74 Å². The molecule has 0 aliphatic carbocycles. The van der Waals surface area contributed by atoms with E-state index in [4.69, 9.17) is 27.9 Å². The largest absolute Gasteiger partial charge is 0.372 e. The Bertz CT molecular complexity index is 454. The van der Waals surface area contributed by atoms with Gasteiger partial charge in [-0.05, 0) is 24.0 Å². The summed E-state index contributed by atoms with van der Waals surface area (Å²) < 4.78 is 6.09. The van der Waals surface area contributed by atoms with E-state index in [-0.39, 0.29) is 12.2 Å². The highest BCUT2D eigenvalue weighted by molar-refractivity contribution is 6.18. The van der Waals surface area contributed by atoms with Gasteiger partial charge < -0.3 is 4.74 Å². The Balaban J connectivity index is 1.92. The molecule has 0 N–H and O–H groups in total. The van der Waals surface area contributed by atoms with E-state index in [0.717, 1.165) is 12.8 Å². The highest BCUT2D eigenvalue weighted by Gasteiger charge is 2.16. The normalized spacial score (nSPS) is 13.8. The van der Waals surface area contributed by atoms with E-state index in [1.54, 1.807) is 0 Å². The number of alkyl halides is 2. The third-order valence-corrected chi connectivity index (χ3v) is 4.03. The van der Waals surface area contributed by atoms with Crippen LogP contribution in [0.25, 0.3) is 0 Å². The van der Waals surface area contributed by atoms with E-state index in [1.807, 2.05) is 36.4 Å². The quantitative estimate of drug-likeness (QED) is 0.640. The average molecular weight is 323 g/mol. The maximum absolute atomic E-state index is 6.09. The van der Waals surface area contributed by atoms with Gasteiger partial charge in [0.1, 0.15) is 0 Å². The maximum atomic E-state index is 6.09. The molecule has 0 saturated carbocycles. The minimum Gasteiger partial charge on any atom is -0.372 e. The van der Waals surface area contributed by atoms with Crippen molar-refractivity contribution in [1.29, 1.82) is 0 Å². The first-order valence-electron chi connectivity index (χ1n) is 7.17. The zero-order valence-corrected chi connectivity index (χ0v) is 13.4. The summed E-state index contributed by atoms with van der Waals surface area (Å²) in [4.78, 5) is 0. The zero-order chi connectivity index (χ0) is 14.9. The lowest BCUT2D eigenvalue weighted by Gasteiger charge is -2.22. The minimum absolute atomic E-state index is 0.0125. The predicted molar refractivity (Wildman–Crippen MR) is 90.4 cm³/mol. The van der Waals surface area contributed by atoms with Crippen molar-refractivity contribution in [2.45, 2.75) is 25.0 Å². The Morgan fingerprint density at radius 2 is 1.05 bits per heavy atom. The molecule has 0 aromatic heterocycles. The molecular weight excluding hydrogens is 303 g/mol. The monoisotopic (exact) mass is 322 g/mol. The molecule has 0 bridgehead atoms. The van der Waals surface area contributed by atoms with Crippen molar-refractivity contribution >= 4 is 23.2 Å². The van der Waals surface area contributed by atoms with E-state index < -0.39 is 0 Å². The van der Waals surface area contributed by atoms with Crippen LogP contribution in [0.5, 0.6) is 0 Å². The van der Waals surface area contributed by atoms with Crippen LogP contribution < -0.4 is 0 Å². The molecule has 0 fully saturated rings. The second kappa shape index (κ2) is 9.09. The lowest BCUT2D eigenvalue weighted by atomic mass is 10.1. The van der Waals surface area contributed by atoms with Gasteiger partial charge in [-0.2, -0.15) is 0 Å². The van der Waals surface area contributed by atoms with E-state index in [1.165, 1.54) is 11.1 Å². The summed E-state index contributed by atoms with van der Waals surface area (Å²) in [7, 11) is 0. The van der Waals surface area contributed by atoms with Gasteiger partial charge in [-0.15, -0.1) is 23.2 Å². The van der Waals surface area contributed by atoms with Crippen molar-refractivity contribution in [3.63, 3.8) is 0 Å². The Kier molecular flexibility index (Phi) is 7.08. The summed E-state index contributed by atoms with van der Waals surface area (Å²) in [5, 5.41) is 0. The highest BCUT2D eigenvalue weighted by atomic mass is 35.5. The highest BCUT2D eigenvalue weighted by Crippen LogP contribution is 2.14. The fourth-order valence-electron chi connectivity index (χ4n) is 2.30. The Morgan fingerprint density at radius 3 is 1.38 bits per heavy atom. The van der Waals surface area contributed by atoms with Crippen LogP contribution in [0.4, 0.5) is 0 Å². The van der Waals surface area contributed by atoms with Crippen molar-refractivity contribution in [3.8, 4) is 0 Å². The lowest BCUT2D eigenvalue weighted by Crippen LogP contribution is -2.28. The summed E-state index contributed by atoms with van der Waals surface area (Å²) in [6, 6.07) is 20.5. The van der Waals surface area contributed by atoms with Crippen LogP contribution in [-0.2, 0) is 17.6 Å². The summed E-state index contributed by atoms with van der Waals surface area (Å²) in [6.45, 7) is 0. The van der Waals surface area contributed by atoms with Crippen LogP contribution in [0.2, 0.25) is 0 Å². The first-order valence-corrected chi connectivity index (χ1v) is 8.24. The van der Waals surface area contributed by atoms with Crippen molar-refractivity contribution in [3.05, 3.63) is 71.8 Å². The maximum Gasteiger partial charge on any atom is 0.0755 e. The van der Waals surface area contributed by atoms with E-state index in [9.17, 15) is 0 Å². The summed E-state index contributed by atoms with van der Waals surface area (Å²) in [6.07, 6.45) is 1.60. The minimum atomic E-state index is -0.0125. The van der Waals surface area contributed by atoms with E-state index >= 15 is 0 Å². The van der Waals surface area contributed by atoms with Crippen molar-refractivity contribution in [1.82, 2.24) is 0 Å². The Morgan fingerprint density at radius 1 is 0.667 bits per heavy atom. The molecule has 0 saturated heterocycles. The third kappa shape index (κ3) is 5.70. The summed E-state index contributed by atoms with van der Waals surface area (Å²) >= 11 is 12.1. The molecule has 1 nitrogen and oxygen atoms in total. The van der Waals surface area contributed by atoms with Crippen LogP contribution in [-0.4, -0.2) is 24.0 Å². The molecule has 2 rings (SSSR count). The summed E-state index contributed by atoms with van der Waals surface area (Å²) in [5.74, 6) is 0.939. The number of hydrogen-bond donors (Lipinski definition) is 0. The van der Waals surface area contributed by atoms with Gasteiger partial charge in [-0.3, -0.25) is 0 Å². The molecular formula is C18H20Cl2O. The topological polar surface area (TPSA) is 9.23 Å². The average Bonchev–Trinajstić information content (AvgIpc) is 2.55. The number of ether oxygens (including phenoxy) is 1. The molecule has 0 radical (unpaired) electrons. The standard InChI is InChI=1S/C18H20Cl2O/c19-13-17(11-15-7-3-1-4-8-15)21-18(14-20)12-16-9-5-2-6-10-16/h1-10,17-18H,11-14H2. The number of halogens is 2. The van der Waals surface area contributed by atoms with Gasteiger partial charge in [0.25, 0.3) is 0 Å². The molecule has 3 heteroatoms. The fourth-order valence-corrected chi connectivity index (χ4v) is 2.67. The van der Waals surface area contributed by atoms with Gasteiger partial charge in [0.2, 0.25) is 0 Å². The zero-order valence-electron chi connectivity index (χ0n) is 11.9. The van der Waals surface area contributed by atoms with Gasteiger partial charge in [0.15, 0.2) is 0 Å². The summed E-state index contributed by atoms with van der Waals surface area (Å²) in [5.41, 5.74) is 2.47. The second-order valence-electron chi connectivity index (χ2n) is 5.07. The van der Waals surface area contributed by atoms with Gasteiger partial charge in [-0.1, -0.05) is 60.7 Å². The van der Waals surface area contributed by atoms with E-state index in [0.29, 0.717) is 11.8 Å². The molecule has 2 atom stereocenters. The molecule has 112 valence electrons. The van der Waals surface area contributed by atoms with Crippen molar-refractivity contribution in [2.24, 2.45) is 0 Å². The molecule has 0 aliphatic rings. The molecule has 2 unspecified atom stereocenters. The fraction of sp³-hybridized carbons (Fsp3) is 0.333. The third-order valence-electron chi connectivity index (χ3n) is 3.34. The van der Waals surface area contributed by atoms with Crippen LogP contribution in [0.3, 0.4) is 0 Å². The lowest BCUT2D eigenvalue weighted by molar-refractivity contribution is 0.0133. The molecule has 21 heavy (non-hydrogen) atoms. The Labute approximate surface area is 136 Å². The smallest absolute Gasteiger partial charge is 0.0755 e. The number of rotatable bonds is 8. The molecule has 0 aliphatic heterocycles. The van der Waals surface area contributed by atoms with Gasteiger partial charge in [-0.25, -0.2) is 0 Å². The van der Waals surface area contributed by atoms with Gasteiger partial charge in [0.05, 0.1) is 12.2 Å². The molecule has 0 heterocycles. The first kappa shape index (κ1) is 16.4. The molecule has 2 aromatic rings. The van der Waals surface area contributed by atoms with Crippen LogP contribution in [0, 0.1) is 0 Å². The van der Waals surface area contributed by atoms with E-state index in [2.05, 4.69) is 24.3 Å². The second-order valence-corrected chi connectivity index (χ2v) is 5.69. The molecule has 0 spiro atoms. The first-order chi connectivity index (χ1) is 10.3. The van der Waals surface area contributed by atoms with Crippen molar-refractivity contribution in [2.75, 3.05) is 11.8 Å². The predicted octanol–water partition coefficient (Wildman–Crippen LogP) is 4.70. The van der Waals surface area contributed by atoms with Crippen LogP contribution in [0.1, 0.15) is 11.1 Å². The molecule has 2 aromatic carbocycles. The number of benzene rings is 2. The SMILES string of the molecule is ClCC(Cc1ccccc1)OC(CCl)Cc1ccccc1. The number of hydrogen-bond acceptors (Lipinski definition) is 1. The Hall–Kier alpha value is -1.02. The van der Waals surface area contributed by atoms with Gasteiger partial charge in [0, 0.05) is 11.8 Å². The van der Waals surface area contributed by atoms with Gasteiger partial charge >= 0.3 is 0 Å².